The largest absolute Gasteiger partial charge is 0.489 e. The van der Waals surface area contributed by atoms with Crippen molar-refractivity contribution in [2.24, 2.45) is 5.10 Å². The van der Waals surface area contributed by atoms with Crippen LogP contribution >= 0.6 is 31.9 Å². The molecule has 0 unspecified atom stereocenters. The maximum Gasteiger partial charge on any atom is 0.363 e. The summed E-state index contributed by atoms with van der Waals surface area (Å²) in [6.45, 7) is 3.92. The molecule has 0 amide bonds. The highest BCUT2D eigenvalue weighted by Crippen LogP contribution is 2.35. The SMILES string of the molecule is CC(C)Oc1c(Br)cc(/C=N/Nc2cn[nH]c(=O)n2)cc1Br. The molecular weight excluding hydrogens is 418 g/mol. The third-order valence-corrected chi connectivity index (χ3v) is 3.51. The van der Waals surface area contributed by atoms with Gasteiger partial charge in [0.25, 0.3) is 0 Å². The Balaban J connectivity index is 2.13. The van der Waals surface area contributed by atoms with Crippen molar-refractivity contribution in [1.82, 2.24) is 15.2 Å². The Labute approximate surface area is 143 Å². The number of aromatic nitrogens is 3. The minimum Gasteiger partial charge on any atom is -0.489 e. The minimum absolute atomic E-state index is 0.0727. The van der Waals surface area contributed by atoms with Gasteiger partial charge in [-0.25, -0.2) is 9.89 Å². The van der Waals surface area contributed by atoms with E-state index in [9.17, 15) is 4.79 Å². The number of halogens is 2. The van der Waals surface area contributed by atoms with E-state index in [-0.39, 0.29) is 11.9 Å². The zero-order valence-electron chi connectivity index (χ0n) is 11.8. The molecule has 0 spiro atoms. The second kappa shape index (κ2) is 7.50. The zero-order chi connectivity index (χ0) is 16.1. The lowest BCUT2D eigenvalue weighted by molar-refractivity contribution is 0.239. The fraction of sp³-hybridized carbons (Fsp3) is 0.231. The topological polar surface area (TPSA) is 92.3 Å². The van der Waals surface area contributed by atoms with Gasteiger partial charge in [-0.05, 0) is 63.4 Å². The Morgan fingerprint density at radius 3 is 2.64 bits per heavy atom. The van der Waals surface area contributed by atoms with Crippen LogP contribution in [-0.2, 0) is 0 Å². The molecule has 1 aromatic heterocycles. The van der Waals surface area contributed by atoms with E-state index >= 15 is 0 Å². The normalized spacial score (nSPS) is 11.1. The third kappa shape index (κ3) is 4.63. The highest BCUT2D eigenvalue weighted by Gasteiger charge is 2.09. The number of nitrogens with one attached hydrogen (secondary N) is 2. The van der Waals surface area contributed by atoms with Crippen molar-refractivity contribution >= 4 is 43.9 Å². The number of hydrazone groups is 1. The van der Waals surface area contributed by atoms with Crippen molar-refractivity contribution in [2.75, 3.05) is 5.43 Å². The first-order valence-corrected chi connectivity index (χ1v) is 7.91. The highest BCUT2D eigenvalue weighted by molar-refractivity contribution is 9.11. The predicted octanol–water partition coefficient (Wildman–Crippen LogP) is 2.92. The summed E-state index contributed by atoms with van der Waals surface area (Å²) in [7, 11) is 0. The van der Waals surface area contributed by atoms with E-state index in [0.717, 1.165) is 20.3 Å². The highest BCUT2D eigenvalue weighted by atomic mass is 79.9. The van der Waals surface area contributed by atoms with Gasteiger partial charge in [0.15, 0.2) is 5.82 Å². The van der Waals surface area contributed by atoms with Gasteiger partial charge in [-0.1, -0.05) is 0 Å². The Kier molecular flexibility index (Phi) is 5.67. The number of hydrogen-bond acceptors (Lipinski definition) is 6. The smallest absolute Gasteiger partial charge is 0.363 e. The monoisotopic (exact) mass is 429 g/mol. The number of aromatic amines is 1. The number of nitrogens with zero attached hydrogens (tertiary/aromatic N) is 3. The molecule has 0 bridgehead atoms. The van der Waals surface area contributed by atoms with E-state index in [1.54, 1.807) is 6.21 Å². The standard InChI is InChI=1S/C13H13Br2N5O2/c1-7(2)22-12-9(14)3-8(4-10(12)15)5-16-19-11-6-17-20-13(21)18-11/h3-7H,1-2H3,(H2,18,19,20,21)/b16-5+. The molecule has 116 valence electrons. The summed E-state index contributed by atoms with van der Waals surface area (Å²) in [4.78, 5) is 14.6. The lowest BCUT2D eigenvalue weighted by atomic mass is 10.2. The molecule has 0 radical (unpaired) electrons. The third-order valence-electron chi connectivity index (χ3n) is 2.34. The summed E-state index contributed by atoms with van der Waals surface area (Å²) in [5.74, 6) is 0.999. The summed E-state index contributed by atoms with van der Waals surface area (Å²) in [6.07, 6.45) is 3.03. The molecule has 7 nitrogen and oxygen atoms in total. The van der Waals surface area contributed by atoms with Crippen LogP contribution in [0.15, 0.2) is 37.2 Å². The van der Waals surface area contributed by atoms with Crippen LogP contribution in [0.25, 0.3) is 0 Å². The van der Waals surface area contributed by atoms with Crippen LogP contribution in [0.2, 0.25) is 0 Å². The van der Waals surface area contributed by atoms with Crippen molar-refractivity contribution in [2.45, 2.75) is 20.0 Å². The van der Waals surface area contributed by atoms with E-state index in [1.165, 1.54) is 6.20 Å². The molecule has 9 heteroatoms. The van der Waals surface area contributed by atoms with Crippen molar-refractivity contribution in [1.29, 1.82) is 0 Å². The van der Waals surface area contributed by atoms with E-state index in [0.29, 0.717) is 0 Å². The van der Waals surface area contributed by atoms with Gasteiger partial charge in [0, 0.05) is 0 Å². The Morgan fingerprint density at radius 1 is 1.36 bits per heavy atom. The van der Waals surface area contributed by atoms with E-state index in [4.69, 9.17) is 4.74 Å². The van der Waals surface area contributed by atoms with E-state index < -0.39 is 5.69 Å². The van der Waals surface area contributed by atoms with Crippen LogP contribution in [0.5, 0.6) is 5.75 Å². The molecule has 2 N–H and O–H groups in total. The Morgan fingerprint density at radius 2 is 2.05 bits per heavy atom. The lowest BCUT2D eigenvalue weighted by Gasteiger charge is -2.13. The zero-order valence-corrected chi connectivity index (χ0v) is 15.0. The molecule has 0 atom stereocenters. The maximum absolute atomic E-state index is 11.0. The van der Waals surface area contributed by atoms with Crippen LogP contribution in [0, 0.1) is 0 Å². The molecule has 0 aliphatic carbocycles. The van der Waals surface area contributed by atoms with Gasteiger partial charge >= 0.3 is 5.69 Å². The second-order valence-electron chi connectivity index (χ2n) is 4.52. The van der Waals surface area contributed by atoms with Gasteiger partial charge in [0.1, 0.15) is 5.75 Å². The first-order chi connectivity index (χ1) is 10.5. The molecule has 1 heterocycles. The van der Waals surface area contributed by atoms with Gasteiger partial charge in [-0.2, -0.15) is 15.2 Å². The molecular formula is C13H13Br2N5O2. The molecule has 1 aromatic carbocycles. The van der Waals surface area contributed by atoms with Gasteiger partial charge < -0.3 is 4.74 Å². The first kappa shape index (κ1) is 16.6. The molecule has 0 aliphatic heterocycles. The van der Waals surface area contributed by atoms with Gasteiger partial charge in [0.05, 0.1) is 27.5 Å². The van der Waals surface area contributed by atoms with Crippen LogP contribution in [0.3, 0.4) is 0 Å². The number of rotatable bonds is 5. The molecule has 0 saturated carbocycles. The number of benzene rings is 1. The number of hydrogen-bond donors (Lipinski definition) is 2. The van der Waals surface area contributed by atoms with E-state index in [1.807, 2.05) is 26.0 Å². The quantitative estimate of drug-likeness (QED) is 0.562. The minimum atomic E-state index is -0.541. The van der Waals surface area contributed by atoms with Gasteiger partial charge in [-0.15, -0.1) is 0 Å². The predicted molar refractivity (Wildman–Crippen MR) is 91.5 cm³/mol. The van der Waals surface area contributed by atoms with Gasteiger partial charge in [0.2, 0.25) is 0 Å². The summed E-state index contributed by atoms with van der Waals surface area (Å²) >= 11 is 6.94. The average Bonchev–Trinajstić information content (AvgIpc) is 2.43. The van der Waals surface area contributed by atoms with Crippen molar-refractivity contribution < 1.29 is 4.74 Å². The fourth-order valence-corrected chi connectivity index (χ4v) is 2.95. The summed E-state index contributed by atoms with van der Waals surface area (Å²) in [5.41, 5.74) is 2.93. The second-order valence-corrected chi connectivity index (χ2v) is 6.23. The molecule has 0 fully saturated rings. The lowest BCUT2D eigenvalue weighted by Crippen LogP contribution is -2.13. The van der Waals surface area contributed by atoms with E-state index in [2.05, 4.69) is 57.6 Å². The molecule has 0 aliphatic rings. The molecule has 0 saturated heterocycles. The summed E-state index contributed by atoms with van der Waals surface area (Å²) in [6, 6.07) is 3.74. The van der Waals surface area contributed by atoms with Crippen LogP contribution in [0.4, 0.5) is 5.82 Å². The van der Waals surface area contributed by atoms with Crippen molar-refractivity contribution in [3.05, 3.63) is 43.3 Å². The fourth-order valence-electron chi connectivity index (χ4n) is 1.54. The van der Waals surface area contributed by atoms with Crippen LogP contribution in [0.1, 0.15) is 19.4 Å². The summed E-state index contributed by atoms with van der Waals surface area (Å²) in [5, 5.41) is 9.80. The maximum atomic E-state index is 11.0. The Hall–Kier alpha value is -1.74. The first-order valence-electron chi connectivity index (χ1n) is 6.32. The Bertz CT molecular complexity index is 722. The molecule has 2 rings (SSSR count). The van der Waals surface area contributed by atoms with Crippen molar-refractivity contribution in [3.63, 3.8) is 0 Å². The summed E-state index contributed by atoms with van der Waals surface area (Å²) < 4.78 is 7.33. The average molecular weight is 431 g/mol. The van der Waals surface area contributed by atoms with Gasteiger partial charge in [-0.3, -0.25) is 5.43 Å². The number of anilines is 1. The number of ether oxygens (including phenoxy) is 1. The molecule has 2 aromatic rings. The van der Waals surface area contributed by atoms with Crippen LogP contribution < -0.4 is 15.9 Å². The van der Waals surface area contributed by atoms with Crippen LogP contribution in [-0.4, -0.2) is 27.5 Å². The van der Waals surface area contributed by atoms with Crippen molar-refractivity contribution in [3.8, 4) is 5.75 Å². The molecule has 22 heavy (non-hydrogen) atoms. The number of H-pyrrole nitrogens is 1.